The van der Waals surface area contributed by atoms with E-state index in [1.807, 2.05) is 18.2 Å². The van der Waals surface area contributed by atoms with E-state index in [2.05, 4.69) is 15.9 Å². The molecule has 1 amide bonds. The molecule has 1 rings (SSSR count). The average Bonchev–Trinajstić information content (AvgIpc) is 2.51. The number of rotatable bonds is 2. The predicted octanol–water partition coefficient (Wildman–Crippen LogP) is 2.39. The Bertz CT molecular complexity index is 355. The Balaban J connectivity index is 2.74. The third-order valence-corrected chi connectivity index (χ3v) is 3.19. The first-order valence-corrected chi connectivity index (χ1v) is 5.15. The van der Waals surface area contributed by atoms with Gasteiger partial charge in [0.2, 0.25) is 5.91 Å². The summed E-state index contributed by atoms with van der Waals surface area (Å²) < 4.78 is 0.971. The predicted molar refractivity (Wildman–Crippen MR) is 55.7 cm³/mol. The van der Waals surface area contributed by atoms with Gasteiger partial charge in [0.05, 0.1) is 14.9 Å². The van der Waals surface area contributed by atoms with Crippen molar-refractivity contribution in [1.82, 2.24) is 0 Å². The van der Waals surface area contributed by atoms with Gasteiger partial charge in [0.1, 0.15) is 6.42 Å². The van der Waals surface area contributed by atoms with Gasteiger partial charge in [0.25, 0.3) is 0 Å². The number of anilines is 1. The summed E-state index contributed by atoms with van der Waals surface area (Å²) in [5.41, 5.74) is 0. The van der Waals surface area contributed by atoms with Crippen molar-refractivity contribution >= 4 is 38.2 Å². The number of thiophene rings is 1. The van der Waals surface area contributed by atoms with Gasteiger partial charge in [-0.15, -0.1) is 11.3 Å². The summed E-state index contributed by atoms with van der Waals surface area (Å²) in [6.07, 6.45) is -0.0774. The first kappa shape index (κ1) is 10.2. The normalized spacial score (nSPS) is 9.31. The van der Waals surface area contributed by atoms with Crippen molar-refractivity contribution in [3.05, 3.63) is 15.9 Å². The van der Waals surface area contributed by atoms with Crippen LogP contribution in [0.4, 0.5) is 5.00 Å². The number of nitrogens with zero attached hydrogens (tertiary/aromatic N) is 2. The van der Waals surface area contributed by atoms with E-state index in [4.69, 9.17) is 5.26 Å². The summed E-state index contributed by atoms with van der Waals surface area (Å²) >= 11 is 4.77. The Kier molecular flexibility index (Phi) is 3.46. The lowest BCUT2D eigenvalue weighted by molar-refractivity contribution is -0.117. The molecule has 0 unspecified atom stereocenters. The topological polar surface area (TPSA) is 44.1 Å². The van der Waals surface area contributed by atoms with Crippen LogP contribution in [0.5, 0.6) is 0 Å². The van der Waals surface area contributed by atoms with Crippen LogP contribution in [-0.4, -0.2) is 13.0 Å². The molecule has 3 nitrogen and oxygen atoms in total. The zero-order valence-corrected chi connectivity index (χ0v) is 9.35. The highest BCUT2D eigenvalue weighted by molar-refractivity contribution is 9.11. The quantitative estimate of drug-likeness (QED) is 0.818. The van der Waals surface area contributed by atoms with Gasteiger partial charge in [-0.25, -0.2) is 0 Å². The van der Waals surface area contributed by atoms with E-state index in [1.165, 1.54) is 16.2 Å². The molecule has 0 radical (unpaired) electrons. The Hall–Kier alpha value is -0.860. The van der Waals surface area contributed by atoms with Crippen LogP contribution in [0.3, 0.4) is 0 Å². The molecule has 68 valence electrons. The van der Waals surface area contributed by atoms with Crippen LogP contribution in [0.25, 0.3) is 0 Å². The molecule has 0 aliphatic rings. The molecule has 5 heteroatoms. The first-order chi connectivity index (χ1) is 6.15. The maximum atomic E-state index is 11.2. The highest BCUT2D eigenvalue weighted by Gasteiger charge is 2.11. The molecule has 0 saturated carbocycles. The lowest BCUT2D eigenvalue weighted by Gasteiger charge is -2.12. The van der Waals surface area contributed by atoms with Gasteiger partial charge in [0.15, 0.2) is 0 Å². The molecule has 13 heavy (non-hydrogen) atoms. The van der Waals surface area contributed by atoms with E-state index in [-0.39, 0.29) is 12.3 Å². The number of nitriles is 1. The van der Waals surface area contributed by atoms with Gasteiger partial charge >= 0.3 is 0 Å². The number of hydrogen-bond donors (Lipinski definition) is 0. The largest absolute Gasteiger partial charge is 0.306 e. The van der Waals surface area contributed by atoms with E-state index in [0.29, 0.717) is 0 Å². The van der Waals surface area contributed by atoms with Gasteiger partial charge in [0, 0.05) is 7.05 Å². The third-order valence-electron chi connectivity index (χ3n) is 1.49. The molecule has 1 aromatic heterocycles. The highest BCUT2D eigenvalue weighted by atomic mass is 79.9. The minimum Gasteiger partial charge on any atom is -0.306 e. The van der Waals surface area contributed by atoms with Crippen molar-refractivity contribution in [3.8, 4) is 6.07 Å². The van der Waals surface area contributed by atoms with Crippen LogP contribution >= 0.6 is 27.3 Å². The summed E-state index contributed by atoms with van der Waals surface area (Å²) in [6.45, 7) is 0. The van der Waals surface area contributed by atoms with Crippen LogP contribution in [0.15, 0.2) is 15.9 Å². The minimum absolute atomic E-state index is 0.0774. The molecule has 0 fully saturated rings. The maximum absolute atomic E-state index is 11.2. The second-order valence-electron chi connectivity index (χ2n) is 2.37. The van der Waals surface area contributed by atoms with Crippen LogP contribution < -0.4 is 4.90 Å². The van der Waals surface area contributed by atoms with E-state index in [9.17, 15) is 4.79 Å². The molecular formula is C8H7BrN2OS. The van der Waals surface area contributed by atoms with Crippen molar-refractivity contribution in [3.63, 3.8) is 0 Å². The average molecular weight is 259 g/mol. The van der Waals surface area contributed by atoms with Crippen LogP contribution in [0.1, 0.15) is 6.42 Å². The minimum atomic E-state index is -0.183. The molecule has 0 bridgehead atoms. The van der Waals surface area contributed by atoms with E-state index in [1.54, 1.807) is 7.05 Å². The zero-order valence-electron chi connectivity index (χ0n) is 6.95. The zero-order chi connectivity index (χ0) is 9.84. The van der Waals surface area contributed by atoms with Gasteiger partial charge in [-0.2, -0.15) is 5.26 Å². The van der Waals surface area contributed by atoms with Crippen molar-refractivity contribution in [2.45, 2.75) is 6.42 Å². The third kappa shape index (κ3) is 2.54. The Labute approximate surface area is 88.7 Å². The van der Waals surface area contributed by atoms with E-state index < -0.39 is 0 Å². The standard InChI is InChI=1S/C8H7BrN2OS/c1-11(7(12)4-5-10)8-3-2-6(9)13-8/h2-3H,4H2,1H3. The fraction of sp³-hybridized carbons (Fsp3) is 0.250. The van der Waals surface area contributed by atoms with Crippen LogP contribution in [0, 0.1) is 11.3 Å². The number of carbonyl (C=O) groups is 1. The van der Waals surface area contributed by atoms with Gasteiger partial charge < -0.3 is 4.90 Å². The molecule has 0 aliphatic carbocycles. The van der Waals surface area contributed by atoms with Crippen molar-refractivity contribution < 1.29 is 4.79 Å². The molecule has 0 atom stereocenters. The number of halogens is 1. The van der Waals surface area contributed by atoms with Gasteiger partial charge in [-0.3, -0.25) is 4.79 Å². The van der Waals surface area contributed by atoms with Crippen molar-refractivity contribution in [2.24, 2.45) is 0 Å². The SMILES string of the molecule is CN(C(=O)CC#N)c1ccc(Br)s1. The second-order valence-corrected chi connectivity index (χ2v) is 4.81. The first-order valence-electron chi connectivity index (χ1n) is 3.54. The second kappa shape index (κ2) is 4.40. The Morgan fingerprint density at radius 3 is 2.92 bits per heavy atom. The molecular weight excluding hydrogens is 252 g/mol. The van der Waals surface area contributed by atoms with Gasteiger partial charge in [-0.1, -0.05) is 0 Å². The van der Waals surface area contributed by atoms with Crippen molar-refractivity contribution in [2.75, 3.05) is 11.9 Å². The van der Waals surface area contributed by atoms with Crippen LogP contribution in [-0.2, 0) is 4.79 Å². The number of amides is 1. The lowest BCUT2D eigenvalue weighted by Crippen LogP contribution is -2.24. The Morgan fingerprint density at radius 1 is 1.77 bits per heavy atom. The summed E-state index contributed by atoms with van der Waals surface area (Å²) in [7, 11) is 1.66. The summed E-state index contributed by atoms with van der Waals surface area (Å²) in [6, 6.07) is 5.54. The van der Waals surface area contributed by atoms with Crippen molar-refractivity contribution in [1.29, 1.82) is 5.26 Å². The fourth-order valence-electron chi connectivity index (χ4n) is 0.794. The van der Waals surface area contributed by atoms with E-state index in [0.717, 1.165) is 8.79 Å². The molecule has 0 spiro atoms. The number of carbonyl (C=O) groups excluding carboxylic acids is 1. The maximum Gasteiger partial charge on any atom is 0.241 e. The molecule has 0 N–H and O–H groups in total. The highest BCUT2D eigenvalue weighted by Crippen LogP contribution is 2.29. The molecule has 0 aliphatic heterocycles. The molecule has 1 heterocycles. The smallest absolute Gasteiger partial charge is 0.241 e. The Morgan fingerprint density at radius 2 is 2.46 bits per heavy atom. The summed E-state index contributed by atoms with van der Waals surface area (Å²) in [4.78, 5) is 12.7. The molecule has 1 aromatic rings. The fourth-order valence-corrected chi connectivity index (χ4v) is 2.13. The van der Waals surface area contributed by atoms with E-state index >= 15 is 0 Å². The summed E-state index contributed by atoms with van der Waals surface area (Å²) in [5.74, 6) is -0.183. The van der Waals surface area contributed by atoms with Gasteiger partial charge in [-0.05, 0) is 28.1 Å². The molecule has 0 saturated heterocycles. The lowest BCUT2D eigenvalue weighted by atomic mass is 10.4. The monoisotopic (exact) mass is 258 g/mol. The summed E-state index contributed by atoms with van der Waals surface area (Å²) in [5, 5.41) is 9.17. The van der Waals surface area contributed by atoms with Crippen LogP contribution in [0.2, 0.25) is 0 Å². The number of hydrogen-bond acceptors (Lipinski definition) is 3. The molecule has 0 aromatic carbocycles.